The monoisotopic (exact) mass is 834 g/mol. The molecule has 0 amide bonds. The fourth-order valence-corrected chi connectivity index (χ4v) is 12.0. The molecule has 1 aliphatic rings. The van der Waals surface area contributed by atoms with Crippen LogP contribution in [0.4, 0.5) is 0 Å². The van der Waals surface area contributed by atoms with Crippen LogP contribution in [-0.4, -0.2) is 12.1 Å². The Hall–Kier alpha value is -2.70. The first-order valence-electron chi connectivity index (χ1n) is 17.5. The molecule has 7 heteroatoms. The van der Waals surface area contributed by atoms with E-state index in [1.807, 2.05) is 0 Å². The molecule has 0 aromatic heterocycles. The van der Waals surface area contributed by atoms with Gasteiger partial charge in [-0.1, -0.05) is 183 Å². The molecule has 1 saturated carbocycles. The van der Waals surface area contributed by atoms with Crippen molar-refractivity contribution >= 4 is 67.1 Å². The largest absolute Gasteiger partial charge is 0.308 e. The maximum atomic E-state index is 4.85. The van der Waals surface area contributed by atoms with Crippen LogP contribution in [0, 0.1) is 0 Å². The van der Waals surface area contributed by atoms with E-state index in [4.69, 9.17) is 19.4 Å². The Morgan fingerprint density at radius 2 is 0.706 bits per heavy atom. The van der Waals surface area contributed by atoms with Crippen molar-refractivity contribution in [3.63, 3.8) is 0 Å². The zero-order chi connectivity index (χ0) is 35.1. The van der Waals surface area contributed by atoms with Gasteiger partial charge in [0.05, 0.1) is 0 Å². The van der Waals surface area contributed by atoms with Gasteiger partial charge in [0.25, 0.3) is 0 Å². The third kappa shape index (κ3) is 10.5. The van der Waals surface area contributed by atoms with Crippen molar-refractivity contribution in [3.8, 4) is 0 Å². The van der Waals surface area contributed by atoms with Gasteiger partial charge in [0.15, 0.2) is 0 Å². The Labute approximate surface area is 322 Å². The number of rotatable bonds is 12. The van der Waals surface area contributed by atoms with Crippen LogP contribution in [0.5, 0.6) is 0 Å². The summed E-state index contributed by atoms with van der Waals surface area (Å²) in [6.45, 7) is 1.75. The van der Waals surface area contributed by atoms with E-state index in [-0.39, 0.29) is 15.1 Å². The number of hydrogen-bond acceptors (Lipinski definition) is 2. The third-order valence-electron chi connectivity index (χ3n) is 9.40. The van der Waals surface area contributed by atoms with Crippen molar-refractivity contribution in [2.45, 2.75) is 50.9 Å². The quantitative estimate of drug-likeness (QED) is 0.0953. The Morgan fingerprint density at radius 1 is 0.431 bits per heavy atom. The standard InChI is InChI=1S/C44H44N2P2.2ClH.Ru/c1-5-21-37(22-6-1)47(38-23-7-2-8-24-38)43-31-17-13-19-35(43)33-45-41-29-15-16-30-42(41)46-34-36-20-14-18-32-44(36)48(39-25-9-3-10-26-39)40-27-11-4-12-28-40;;;/h1-14,17-28,31-32,41-42,45-46H,15-16,29-30,33-34H2;2*1H;/q;;;+4/p-2/t41-,42-;;;/m0.../s1. The van der Waals surface area contributed by atoms with Gasteiger partial charge >= 0.3 is 34.5 Å². The summed E-state index contributed by atoms with van der Waals surface area (Å²) in [5, 5.41) is 16.6. The third-order valence-corrected chi connectivity index (χ3v) is 14.5. The molecule has 1 aliphatic carbocycles. The molecular weight excluding hydrogens is 790 g/mol. The average Bonchev–Trinajstić information content (AvgIpc) is 3.20. The van der Waals surface area contributed by atoms with Gasteiger partial charge in [-0.25, -0.2) is 0 Å². The van der Waals surface area contributed by atoms with Crippen molar-refractivity contribution in [2.24, 2.45) is 0 Å². The Bertz CT molecular complexity index is 1670. The van der Waals surface area contributed by atoms with Crippen LogP contribution in [0.3, 0.4) is 0 Å². The van der Waals surface area contributed by atoms with Gasteiger partial charge in [-0.15, -0.1) is 0 Å². The summed E-state index contributed by atoms with van der Waals surface area (Å²) in [6.07, 6.45) is 4.97. The SMILES string of the molecule is [Cl][Ru+2][Cl].c1ccc(P(c2ccccc2)c2ccccc2CN[C@H]2CCCC[C@@H]2NCc2ccccc2P(c2ccccc2)c2ccccc2)cc1. The van der Waals surface area contributed by atoms with E-state index >= 15 is 0 Å². The van der Waals surface area contributed by atoms with Gasteiger partial charge in [0, 0.05) is 25.2 Å². The molecule has 2 N–H and O–H groups in total. The molecule has 6 aromatic carbocycles. The zero-order valence-electron chi connectivity index (χ0n) is 28.6. The molecule has 51 heavy (non-hydrogen) atoms. The minimum atomic E-state index is -0.646. The predicted molar refractivity (Wildman–Crippen MR) is 222 cm³/mol. The summed E-state index contributed by atoms with van der Waals surface area (Å²) in [5.74, 6) is 0. The Kier molecular flexibility index (Phi) is 15.3. The zero-order valence-corrected chi connectivity index (χ0v) is 33.6. The molecule has 0 saturated heterocycles. The van der Waals surface area contributed by atoms with E-state index < -0.39 is 15.8 Å². The van der Waals surface area contributed by atoms with Crippen LogP contribution >= 0.6 is 35.2 Å². The summed E-state index contributed by atoms with van der Waals surface area (Å²) in [5.41, 5.74) is 2.81. The van der Waals surface area contributed by atoms with Gasteiger partial charge in [0.1, 0.15) is 0 Å². The van der Waals surface area contributed by atoms with Crippen molar-refractivity contribution < 1.29 is 15.1 Å². The van der Waals surface area contributed by atoms with Gasteiger partial charge in [0.2, 0.25) is 0 Å². The fraction of sp³-hybridized carbons (Fsp3) is 0.182. The molecule has 0 bridgehead atoms. The van der Waals surface area contributed by atoms with Gasteiger partial charge < -0.3 is 10.6 Å². The second-order valence-corrected chi connectivity index (χ2v) is 19.6. The Balaban J connectivity index is 0.00000144. The summed E-state index contributed by atoms with van der Waals surface area (Å²) < 4.78 is 0. The van der Waals surface area contributed by atoms with E-state index in [1.54, 1.807) is 0 Å². The summed E-state index contributed by atoms with van der Waals surface area (Å²) in [6, 6.07) is 63.3. The van der Waals surface area contributed by atoms with Crippen LogP contribution in [0.1, 0.15) is 36.8 Å². The molecule has 0 heterocycles. The molecule has 6 aromatic rings. The molecule has 0 unspecified atom stereocenters. The number of halogens is 2. The maximum Gasteiger partial charge on any atom is 0.0224 e. The molecular formula is C44H44Cl2N2P2Ru+2. The predicted octanol–water partition coefficient (Wildman–Crippen LogP) is 8.77. The van der Waals surface area contributed by atoms with E-state index in [1.165, 1.54) is 68.6 Å². The molecule has 0 spiro atoms. The van der Waals surface area contributed by atoms with Crippen molar-refractivity contribution in [1.82, 2.24) is 10.6 Å². The number of benzene rings is 6. The first-order chi connectivity index (χ1) is 25.3. The molecule has 0 radical (unpaired) electrons. The second kappa shape index (κ2) is 20.5. The average molecular weight is 835 g/mol. The molecule has 0 aliphatic heterocycles. The second-order valence-electron chi connectivity index (χ2n) is 12.6. The summed E-state index contributed by atoms with van der Waals surface area (Å²) in [4.78, 5) is 0. The topological polar surface area (TPSA) is 24.1 Å². The summed E-state index contributed by atoms with van der Waals surface area (Å²) >= 11 is -0.346. The fourth-order valence-electron chi connectivity index (χ4n) is 7.02. The van der Waals surface area contributed by atoms with Crippen LogP contribution < -0.4 is 42.5 Å². The molecule has 2 nitrogen and oxygen atoms in total. The van der Waals surface area contributed by atoms with Crippen molar-refractivity contribution in [2.75, 3.05) is 0 Å². The molecule has 1 fully saturated rings. The minimum Gasteiger partial charge on any atom is -0.308 e. The van der Waals surface area contributed by atoms with Crippen LogP contribution in [0.25, 0.3) is 0 Å². The minimum absolute atomic E-state index is 0.346. The van der Waals surface area contributed by atoms with Crippen LogP contribution in [0.15, 0.2) is 170 Å². The van der Waals surface area contributed by atoms with E-state index in [0.29, 0.717) is 12.1 Å². The number of nitrogens with one attached hydrogen (secondary N) is 2. The molecule has 260 valence electrons. The van der Waals surface area contributed by atoms with Crippen molar-refractivity contribution in [1.29, 1.82) is 0 Å². The van der Waals surface area contributed by atoms with Gasteiger partial charge in [-0.2, -0.15) is 0 Å². The first-order valence-corrected chi connectivity index (χ1v) is 24.7. The smallest absolute Gasteiger partial charge is 0.0224 e. The van der Waals surface area contributed by atoms with Gasteiger partial charge in [-0.05, 0) is 71.6 Å². The molecule has 2 atom stereocenters. The maximum absolute atomic E-state index is 4.85. The normalized spacial score (nSPS) is 15.7. The van der Waals surface area contributed by atoms with Crippen LogP contribution in [0.2, 0.25) is 0 Å². The van der Waals surface area contributed by atoms with E-state index in [9.17, 15) is 0 Å². The van der Waals surface area contributed by atoms with Gasteiger partial charge in [-0.3, -0.25) is 0 Å². The summed E-state index contributed by atoms with van der Waals surface area (Å²) in [7, 11) is 8.42. The molecule has 7 rings (SSSR count). The number of hydrogen-bond donors (Lipinski definition) is 2. The Morgan fingerprint density at radius 3 is 1.02 bits per heavy atom. The first kappa shape index (κ1) is 38.0. The van der Waals surface area contributed by atoms with E-state index in [2.05, 4.69) is 180 Å². The van der Waals surface area contributed by atoms with Crippen LogP contribution in [-0.2, 0) is 28.2 Å². The van der Waals surface area contributed by atoms with Crippen molar-refractivity contribution in [3.05, 3.63) is 181 Å². The van der Waals surface area contributed by atoms with E-state index in [0.717, 1.165) is 13.1 Å².